The summed E-state index contributed by atoms with van der Waals surface area (Å²) in [6.07, 6.45) is 5.67. The quantitative estimate of drug-likeness (QED) is 0.872. The first kappa shape index (κ1) is 14.2. The van der Waals surface area contributed by atoms with Gasteiger partial charge < -0.3 is 10.5 Å². The molecule has 3 unspecified atom stereocenters. The van der Waals surface area contributed by atoms with Crippen molar-refractivity contribution in [2.24, 2.45) is 16.7 Å². The molecule has 1 aromatic rings. The molecule has 110 valence electrons. The normalized spacial score (nSPS) is 34.5. The van der Waals surface area contributed by atoms with Crippen LogP contribution >= 0.6 is 15.9 Å². The first-order valence-corrected chi connectivity index (χ1v) is 8.14. The van der Waals surface area contributed by atoms with Crippen molar-refractivity contribution in [1.29, 1.82) is 0 Å². The second-order valence-electron chi connectivity index (χ2n) is 7.17. The predicted molar refractivity (Wildman–Crippen MR) is 84.7 cm³/mol. The Balaban J connectivity index is 1.89. The summed E-state index contributed by atoms with van der Waals surface area (Å²) in [6.45, 7) is 9.15. The predicted octanol–water partition coefficient (Wildman–Crippen LogP) is 4.33. The van der Waals surface area contributed by atoms with Gasteiger partial charge in [0.15, 0.2) is 0 Å². The first-order chi connectivity index (χ1) is 9.27. The summed E-state index contributed by atoms with van der Waals surface area (Å²) < 4.78 is 7.19. The second-order valence-corrected chi connectivity index (χ2v) is 7.97. The summed E-state index contributed by atoms with van der Waals surface area (Å²) >= 11 is 3.57. The molecule has 1 heterocycles. The molecule has 3 atom stereocenters. The lowest BCUT2D eigenvalue weighted by Crippen LogP contribution is -2.39. The van der Waals surface area contributed by atoms with E-state index in [-0.39, 0.29) is 11.5 Å². The van der Waals surface area contributed by atoms with E-state index >= 15 is 0 Å². The Labute approximate surface area is 129 Å². The van der Waals surface area contributed by atoms with Crippen LogP contribution in [0.5, 0.6) is 5.88 Å². The lowest BCUT2D eigenvalue weighted by molar-refractivity contribution is 0.0268. The minimum absolute atomic E-state index is 0.244. The van der Waals surface area contributed by atoms with Crippen molar-refractivity contribution in [3.8, 4) is 5.88 Å². The highest BCUT2D eigenvalue weighted by Crippen LogP contribution is 2.66. The molecule has 2 aliphatic rings. The summed E-state index contributed by atoms with van der Waals surface area (Å²) in [5.41, 5.74) is 8.18. The Morgan fingerprint density at radius 1 is 1.40 bits per heavy atom. The molecule has 0 aromatic carbocycles. The summed E-state index contributed by atoms with van der Waals surface area (Å²) in [4.78, 5) is 4.37. The molecule has 2 fully saturated rings. The van der Waals surface area contributed by atoms with Gasteiger partial charge in [0.05, 0.1) is 16.4 Å². The molecule has 1 aromatic heterocycles. The molecule has 3 rings (SSSR count). The van der Waals surface area contributed by atoms with Gasteiger partial charge in [-0.05, 0) is 59.0 Å². The highest BCUT2D eigenvalue weighted by atomic mass is 79.9. The molecular formula is C16H23BrN2O. The number of hydrogen-bond donors (Lipinski definition) is 1. The first-order valence-electron chi connectivity index (χ1n) is 7.34. The number of pyridine rings is 1. The topological polar surface area (TPSA) is 48.1 Å². The van der Waals surface area contributed by atoms with E-state index in [0.717, 1.165) is 22.4 Å². The monoisotopic (exact) mass is 338 g/mol. The van der Waals surface area contributed by atoms with Crippen LogP contribution in [0.3, 0.4) is 0 Å². The SMILES string of the molecule is Cc1c(N)cnc(OC2CC3CCC2(C)C3(C)C)c1Br. The van der Waals surface area contributed by atoms with Crippen LogP contribution in [0.2, 0.25) is 0 Å². The zero-order chi connectivity index (χ0) is 14.7. The Bertz CT molecular complexity index is 558. The Hall–Kier alpha value is -0.770. The van der Waals surface area contributed by atoms with Gasteiger partial charge in [-0.1, -0.05) is 20.8 Å². The van der Waals surface area contributed by atoms with Gasteiger partial charge in [0.1, 0.15) is 6.10 Å². The largest absolute Gasteiger partial charge is 0.473 e. The molecule has 0 radical (unpaired) electrons. The van der Waals surface area contributed by atoms with E-state index < -0.39 is 0 Å². The van der Waals surface area contributed by atoms with Gasteiger partial charge in [-0.2, -0.15) is 0 Å². The molecule has 2 aliphatic carbocycles. The zero-order valence-corrected chi connectivity index (χ0v) is 14.3. The van der Waals surface area contributed by atoms with Gasteiger partial charge >= 0.3 is 0 Å². The van der Waals surface area contributed by atoms with Crippen LogP contribution in [-0.2, 0) is 0 Å². The summed E-state index contributed by atoms with van der Waals surface area (Å²) in [6, 6.07) is 0. The average molecular weight is 339 g/mol. The molecule has 2 N–H and O–H groups in total. The maximum atomic E-state index is 6.30. The molecule has 20 heavy (non-hydrogen) atoms. The highest BCUT2D eigenvalue weighted by molar-refractivity contribution is 9.10. The third kappa shape index (κ3) is 1.73. The molecule has 0 spiro atoms. The number of anilines is 1. The van der Waals surface area contributed by atoms with E-state index in [1.807, 2.05) is 6.92 Å². The third-order valence-electron chi connectivity index (χ3n) is 6.24. The van der Waals surface area contributed by atoms with Crippen molar-refractivity contribution in [2.45, 2.75) is 53.1 Å². The van der Waals surface area contributed by atoms with E-state index in [9.17, 15) is 0 Å². The Morgan fingerprint density at radius 3 is 2.65 bits per heavy atom. The maximum Gasteiger partial charge on any atom is 0.228 e. The number of hydrogen-bond acceptors (Lipinski definition) is 3. The fourth-order valence-corrected chi connectivity index (χ4v) is 4.52. The van der Waals surface area contributed by atoms with E-state index in [1.165, 1.54) is 12.8 Å². The third-order valence-corrected chi connectivity index (χ3v) is 7.17. The molecule has 0 amide bonds. The smallest absolute Gasteiger partial charge is 0.228 e. The summed E-state index contributed by atoms with van der Waals surface area (Å²) in [5.74, 6) is 1.46. The van der Waals surface area contributed by atoms with Gasteiger partial charge in [0, 0.05) is 5.41 Å². The lowest BCUT2D eigenvalue weighted by Gasteiger charge is -2.38. The molecule has 0 aliphatic heterocycles. The number of nitrogens with zero attached hydrogens (tertiary/aromatic N) is 1. The molecular weight excluding hydrogens is 316 g/mol. The van der Waals surface area contributed by atoms with Crippen LogP contribution < -0.4 is 10.5 Å². The summed E-state index contributed by atoms with van der Waals surface area (Å²) in [7, 11) is 0. The number of rotatable bonds is 2. The van der Waals surface area contributed by atoms with E-state index in [4.69, 9.17) is 10.5 Å². The van der Waals surface area contributed by atoms with Gasteiger partial charge in [0.25, 0.3) is 0 Å². The lowest BCUT2D eigenvalue weighted by atomic mass is 9.70. The Morgan fingerprint density at radius 2 is 2.10 bits per heavy atom. The van der Waals surface area contributed by atoms with Crippen molar-refractivity contribution in [3.05, 3.63) is 16.2 Å². The van der Waals surface area contributed by atoms with Crippen molar-refractivity contribution >= 4 is 21.6 Å². The van der Waals surface area contributed by atoms with Crippen LogP contribution in [0.1, 0.15) is 45.6 Å². The number of nitrogen functional groups attached to an aromatic ring is 1. The minimum Gasteiger partial charge on any atom is -0.473 e. The minimum atomic E-state index is 0.244. The zero-order valence-electron chi connectivity index (χ0n) is 12.7. The van der Waals surface area contributed by atoms with Gasteiger partial charge in [0.2, 0.25) is 5.88 Å². The number of halogens is 1. The van der Waals surface area contributed by atoms with Crippen molar-refractivity contribution in [1.82, 2.24) is 4.98 Å². The summed E-state index contributed by atoms with van der Waals surface area (Å²) in [5, 5.41) is 0. The van der Waals surface area contributed by atoms with Crippen LogP contribution in [0.4, 0.5) is 5.69 Å². The molecule has 2 bridgehead atoms. The second kappa shape index (κ2) is 4.36. The van der Waals surface area contributed by atoms with E-state index in [0.29, 0.717) is 17.0 Å². The van der Waals surface area contributed by atoms with Crippen LogP contribution in [0, 0.1) is 23.7 Å². The maximum absolute atomic E-state index is 6.30. The van der Waals surface area contributed by atoms with E-state index in [1.54, 1.807) is 6.20 Å². The fourth-order valence-electron chi connectivity index (χ4n) is 4.09. The molecule has 4 heteroatoms. The number of aromatic nitrogens is 1. The molecule has 0 saturated heterocycles. The van der Waals surface area contributed by atoms with Crippen molar-refractivity contribution < 1.29 is 4.74 Å². The van der Waals surface area contributed by atoms with Crippen molar-refractivity contribution in [3.63, 3.8) is 0 Å². The fraction of sp³-hybridized carbons (Fsp3) is 0.688. The molecule has 3 nitrogen and oxygen atoms in total. The van der Waals surface area contributed by atoms with Gasteiger partial charge in [-0.15, -0.1) is 0 Å². The van der Waals surface area contributed by atoms with Crippen molar-refractivity contribution in [2.75, 3.05) is 5.73 Å². The number of ether oxygens (including phenoxy) is 1. The highest BCUT2D eigenvalue weighted by Gasteiger charge is 2.62. The number of fused-ring (bicyclic) bond motifs is 2. The van der Waals surface area contributed by atoms with Crippen LogP contribution in [-0.4, -0.2) is 11.1 Å². The Kier molecular flexibility index (Phi) is 3.09. The van der Waals surface area contributed by atoms with E-state index in [2.05, 4.69) is 41.7 Å². The average Bonchev–Trinajstić information content (AvgIpc) is 2.72. The van der Waals surface area contributed by atoms with Crippen LogP contribution in [0.25, 0.3) is 0 Å². The van der Waals surface area contributed by atoms with Crippen LogP contribution in [0.15, 0.2) is 10.7 Å². The molecule has 2 saturated carbocycles. The van der Waals surface area contributed by atoms with Gasteiger partial charge in [-0.25, -0.2) is 4.98 Å². The standard InChI is InChI=1S/C16H23BrN2O/c1-9-11(18)8-19-14(13(9)17)20-12-7-10-5-6-16(12,4)15(10,2)3/h8,10,12H,5-7,18H2,1-4H3. The van der Waals surface area contributed by atoms with Gasteiger partial charge in [-0.3, -0.25) is 0 Å². The number of nitrogens with two attached hydrogens (primary N) is 1.